The van der Waals surface area contributed by atoms with Gasteiger partial charge in [0, 0.05) is 13.1 Å². The fourth-order valence-corrected chi connectivity index (χ4v) is 3.41. The second kappa shape index (κ2) is 5.72. The number of hydrogen-bond donors (Lipinski definition) is 1. The topological polar surface area (TPSA) is 67.3 Å². The van der Waals surface area contributed by atoms with E-state index in [1.54, 1.807) is 17.7 Å². The Morgan fingerprint density at radius 3 is 3.05 bits per heavy atom. The van der Waals surface area contributed by atoms with Crippen LogP contribution < -0.4 is 10.2 Å². The number of alkyl carbamates (subject to hydrolysis) is 1. The van der Waals surface area contributed by atoms with Crippen molar-refractivity contribution in [3.05, 3.63) is 17.8 Å². The van der Waals surface area contributed by atoms with Crippen LogP contribution in [-0.4, -0.2) is 40.8 Å². The first-order chi connectivity index (χ1) is 10.4. The standard InChI is InChI=1S/C15H20N4O2S/c1-15(2,3)21-14(20)18-10-4-6-19(8-10)13-12-11(5-7-22-12)16-9-17-13/h5,7,9-10H,4,6,8H2,1-3H3,(H,18,20). The predicted octanol–water partition coefficient (Wildman–Crippen LogP) is 2.79. The van der Waals surface area contributed by atoms with Gasteiger partial charge in [0.2, 0.25) is 0 Å². The van der Waals surface area contributed by atoms with Crippen LogP contribution in [0.15, 0.2) is 17.8 Å². The average molecular weight is 320 g/mol. The largest absolute Gasteiger partial charge is 0.444 e. The minimum absolute atomic E-state index is 0.0832. The van der Waals surface area contributed by atoms with Gasteiger partial charge in [-0.15, -0.1) is 11.3 Å². The molecule has 1 aliphatic heterocycles. The number of nitrogens with zero attached hydrogens (tertiary/aromatic N) is 3. The van der Waals surface area contributed by atoms with E-state index in [2.05, 4.69) is 20.2 Å². The maximum absolute atomic E-state index is 11.9. The smallest absolute Gasteiger partial charge is 0.407 e. The van der Waals surface area contributed by atoms with Crippen molar-refractivity contribution in [2.75, 3.05) is 18.0 Å². The number of carbonyl (C=O) groups excluding carboxylic acids is 1. The van der Waals surface area contributed by atoms with E-state index in [9.17, 15) is 4.79 Å². The number of aromatic nitrogens is 2. The van der Waals surface area contributed by atoms with Gasteiger partial charge in [-0.05, 0) is 38.6 Å². The number of hydrogen-bond acceptors (Lipinski definition) is 6. The predicted molar refractivity (Wildman–Crippen MR) is 87.4 cm³/mol. The fourth-order valence-electron chi connectivity index (χ4n) is 2.55. The van der Waals surface area contributed by atoms with Gasteiger partial charge in [-0.25, -0.2) is 14.8 Å². The van der Waals surface area contributed by atoms with Gasteiger partial charge in [-0.3, -0.25) is 0 Å². The van der Waals surface area contributed by atoms with Crippen molar-refractivity contribution in [1.82, 2.24) is 15.3 Å². The minimum Gasteiger partial charge on any atom is -0.444 e. The van der Waals surface area contributed by atoms with Crippen molar-refractivity contribution in [2.45, 2.75) is 38.8 Å². The summed E-state index contributed by atoms with van der Waals surface area (Å²) in [5.74, 6) is 0.952. The van der Waals surface area contributed by atoms with Crippen LogP contribution in [0.1, 0.15) is 27.2 Å². The highest BCUT2D eigenvalue weighted by Crippen LogP contribution is 2.29. The number of thiophene rings is 1. The van der Waals surface area contributed by atoms with Crippen LogP contribution in [0.2, 0.25) is 0 Å². The molecule has 0 radical (unpaired) electrons. The molecule has 3 heterocycles. The molecule has 1 N–H and O–H groups in total. The van der Waals surface area contributed by atoms with E-state index in [-0.39, 0.29) is 12.1 Å². The highest BCUT2D eigenvalue weighted by molar-refractivity contribution is 7.17. The molecule has 7 heteroatoms. The van der Waals surface area contributed by atoms with E-state index in [1.165, 1.54) is 0 Å². The Bertz CT molecular complexity index is 679. The highest BCUT2D eigenvalue weighted by atomic mass is 32.1. The Hall–Kier alpha value is -1.89. The van der Waals surface area contributed by atoms with Crippen LogP contribution in [0.3, 0.4) is 0 Å². The molecule has 0 bridgehead atoms. The SMILES string of the molecule is CC(C)(C)OC(=O)NC1CCN(c2ncnc3ccsc23)C1. The lowest BCUT2D eigenvalue weighted by Crippen LogP contribution is -2.40. The lowest BCUT2D eigenvalue weighted by atomic mass is 10.2. The fraction of sp³-hybridized carbons (Fsp3) is 0.533. The summed E-state index contributed by atoms with van der Waals surface area (Å²) in [5.41, 5.74) is 0.497. The molecule has 2 aromatic rings. The number of fused-ring (bicyclic) bond motifs is 1. The number of amides is 1. The van der Waals surface area contributed by atoms with Gasteiger partial charge >= 0.3 is 6.09 Å². The summed E-state index contributed by atoms with van der Waals surface area (Å²) < 4.78 is 6.40. The van der Waals surface area contributed by atoms with Crippen molar-refractivity contribution in [3.8, 4) is 0 Å². The number of nitrogens with one attached hydrogen (secondary N) is 1. The summed E-state index contributed by atoms with van der Waals surface area (Å²) in [4.78, 5) is 22.7. The Balaban J connectivity index is 1.65. The maximum atomic E-state index is 11.9. The third kappa shape index (κ3) is 3.30. The molecule has 1 saturated heterocycles. The van der Waals surface area contributed by atoms with Crippen molar-refractivity contribution in [2.24, 2.45) is 0 Å². The molecule has 0 spiro atoms. The van der Waals surface area contributed by atoms with Gasteiger partial charge in [-0.1, -0.05) is 0 Å². The third-order valence-electron chi connectivity index (χ3n) is 3.43. The molecule has 0 aliphatic carbocycles. The Morgan fingerprint density at radius 1 is 1.45 bits per heavy atom. The molecule has 118 valence electrons. The van der Waals surface area contributed by atoms with Gasteiger partial charge in [0.1, 0.15) is 17.7 Å². The van der Waals surface area contributed by atoms with Crippen molar-refractivity contribution >= 4 is 33.5 Å². The summed E-state index contributed by atoms with van der Waals surface area (Å²) in [6.07, 6.45) is 2.12. The van der Waals surface area contributed by atoms with E-state index in [0.717, 1.165) is 35.5 Å². The molecule has 0 aromatic carbocycles. The number of ether oxygens (including phenoxy) is 1. The molecule has 1 amide bonds. The average Bonchev–Trinajstić information content (AvgIpc) is 3.04. The zero-order valence-corrected chi connectivity index (χ0v) is 13.8. The second-order valence-electron chi connectivity index (χ2n) is 6.41. The van der Waals surface area contributed by atoms with Crippen molar-refractivity contribution in [1.29, 1.82) is 0 Å². The van der Waals surface area contributed by atoms with Crippen LogP contribution in [-0.2, 0) is 4.74 Å². The summed E-state index contributed by atoms with van der Waals surface area (Å²) in [6, 6.07) is 2.08. The van der Waals surface area contributed by atoms with Crippen molar-refractivity contribution in [3.63, 3.8) is 0 Å². The van der Waals surface area contributed by atoms with Crippen molar-refractivity contribution < 1.29 is 9.53 Å². The molecule has 1 unspecified atom stereocenters. The normalized spacial score (nSPS) is 18.7. The molecule has 2 aromatic heterocycles. The summed E-state index contributed by atoms with van der Waals surface area (Å²) in [6.45, 7) is 7.19. The Morgan fingerprint density at radius 2 is 2.27 bits per heavy atom. The van der Waals surface area contributed by atoms with E-state index >= 15 is 0 Å². The van der Waals surface area contributed by atoms with Gasteiger partial charge in [-0.2, -0.15) is 0 Å². The Labute approximate surface area is 133 Å². The minimum atomic E-state index is -0.474. The molecule has 3 rings (SSSR count). The molecular weight excluding hydrogens is 300 g/mol. The van der Waals surface area contributed by atoms with E-state index in [1.807, 2.05) is 32.2 Å². The van der Waals surface area contributed by atoms with Crippen LogP contribution in [0.25, 0.3) is 10.2 Å². The highest BCUT2D eigenvalue weighted by Gasteiger charge is 2.28. The first kappa shape index (κ1) is 15.0. The zero-order valence-electron chi connectivity index (χ0n) is 13.0. The monoisotopic (exact) mass is 320 g/mol. The first-order valence-electron chi connectivity index (χ1n) is 7.35. The molecule has 6 nitrogen and oxygen atoms in total. The van der Waals surface area contributed by atoms with Gasteiger partial charge in [0.25, 0.3) is 0 Å². The molecule has 1 aliphatic rings. The number of anilines is 1. The molecule has 0 saturated carbocycles. The van der Waals surface area contributed by atoms with Gasteiger partial charge < -0.3 is 15.0 Å². The van der Waals surface area contributed by atoms with Crippen LogP contribution in [0.5, 0.6) is 0 Å². The van der Waals surface area contributed by atoms with Gasteiger partial charge in [0.05, 0.1) is 16.3 Å². The number of rotatable bonds is 2. The second-order valence-corrected chi connectivity index (χ2v) is 7.33. The maximum Gasteiger partial charge on any atom is 0.407 e. The van der Waals surface area contributed by atoms with Crippen LogP contribution >= 0.6 is 11.3 Å². The summed E-state index contributed by atoms with van der Waals surface area (Å²) in [7, 11) is 0. The molecule has 22 heavy (non-hydrogen) atoms. The quantitative estimate of drug-likeness (QED) is 0.921. The molecular formula is C15H20N4O2S. The van der Waals surface area contributed by atoms with Crippen LogP contribution in [0, 0.1) is 0 Å². The van der Waals surface area contributed by atoms with E-state index in [4.69, 9.17) is 4.74 Å². The molecule has 1 fully saturated rings. The lowest BCUT2D eigenvalue weighted by Gasteiger charge is -2.22. The van der Waals surface area contributed by atoms with Crippen LogP contribution in [0.4, 0.5) is 10.6 Å². The summed E-state index contributed by atoms with van der Waals surface area (Å²) in [5, 5.41) is 4.96. The third-order valence-corrected chi connectivity index (χ3v) is 4.33. The first-order valence-corrected chi connectivity index (χ1v) is 8.23. The molecule has 1 atom stereocenters. The Kier molecular flexibility index (Phi) is 3.90. The van der Waals surface area contributed by atoms with Gasteiger partial charge in [0.15, 0.2) is 0 Å². The number of carbonyl (C=O) groups is 1. The van der Waals surface area contributed by atoms with E-state index < -0.39 is 5.60 Å². The summed E-state index contributed by atoms with van der Waals surface area (Å²) >= 11 is 1.65. The lowest BCUT2D eigenvalue weighted by molar-refractivity contribution is 0.0509. The zero-order chi connectivity index (χ0) is 15.7. The van der Waals surface area contributed by atoms with E-state index in [0.29, 0.717) is 0 Å².